The van der Waals surface area contributed by atoms with E-state index in [1.807, 2.05) is 6.07 Å². The summed E-state index contributed by atoms with van der Waals surface area (Å²) in [5, 5.41) is 0. The molecule has 114 valence electrons. The van der Waals surface area contributed by atoms with Gasteiger partial charge in [-0.15, -0.1) is 0 Å². The lowest BCUT2D eigenvalue weighted by molar-refractivity contribution is 0.0827. The average molecular weight is 297 g/mol. The molecule has 0 aliphatic rings. The molecule has 0 bridgehead atoms. The second-order valence-corrected chi connectivity index (χ2v) is 5.34. The van der Waals surface area contributed by atoms with Crippen LogP contribution in [0.1, 0.15) is 20.7 Å². The van der Waals surface area contributed by atoms with Crippen LogP contribution in [-0.4, -0.2) is 54.8 Å². The second-order valence-electron chi connectivity index (χ2n) is 5.34. The van der Waals surface area contributed by atoms with Crippen LogP contribution in [0.5, 0.6) is 0 Å². The van der Waals surface area contributed by atoms with Crippen molar-refractivity contribution in [3.05, 3.63) is 53.7 Å². The van der Waals surface area contributed by atoms with Crippen LogP contribution in [0.2, 0.25) is 0 Å². The molecule has 1 aromatic heterocycles. The summed E-state index contributed by atoms with van der Waals surface area (Å²) in [5.74, 6) is -0.317. The quantitative estimate of drug-likeness (QED) is 0.872. The van der Waals surface area contributed by atoms with Gasteiger partial charge in [0.2, 0.25) is 0 Å². The van der Waals surface area contributed by atoms with Crippen LogP contribution in [0.25, 0.3) is 11.3 Å². The normalized spacial score (nSPS) is 10.2. The third-order valence-electron chi connectivity index (χ3n) is 3.26. The molecule has 0 saturated heterocycles. The van der Waals surface area contributed by atoms with E-state index in [9.17, 15) is 9.59 Å². The summed E-state index contributed by atoms with van der Waals surface area (Å²) in [4.78, 5) is 32.2. The van der Waals surface area contributed by atoms with Crippen LogP contribution in [0.3, 0.4) is 0 Å². The van der Waals surface area contributed by atoms with E-state index in [4.69, 9.17) is 0 Å². The Bertz CT molecular complexity index is 656. The molecule has 2 aromatic rings. The molecule has 0 fully saturated rings. The summed E-state index contributed by atoms with van der Waals surface area (Å²) in [6, 6.07) is 10.6. The zero-order valence-electron chi connectivity index (χ0n) is 13.2. The van der Waals surface area contributed by atoms with E-state index < -0.39 is 0 Å². The van der Waals surface area contributed by atoms with Crippen molar-refractivity contribution in [1.82, 2.24) is 14.8 Å². The van der Waals surface area contributed by atoms with E-state index in [0.29, 0.717) is 22.4 Å². The Hall–Kier alpha value is -2.69. The number of nitrogens with zero attached hydrogens (tertiary/aromatic N) is 3. The van der Waals surface area contributed by atoms with Crippen molar-refractivity contribution >= 4 is 11.8 Å². The van der Waals surface area contributed by atoms with Crippen molar-refractivity contribution in [3.63, 3.8) is 0 Å². The van der Waals surface area contributed by atoms with E-state index in [2.05, 4.69) is 4.98 Å². The monoisotopic (exact) mass is 297 g/mol. The van der Waals surface area contributed by atoms with Crippen molar-refractivity contribution < 1.29 is 9.59 Å². The molecule has 0 saturated carbocycles. The average Bonchev–Trinajstić information content (AvgIpc) is 2.53. The summed E-state index contributed by atoms with van der Waals surface area (Å²) < 4.78 is 0. The Morgan fingerprint density at radius 3 is 1.77 bits per heavy atom. The van der Waals surface area contributed by atoms with Gasteiger partial charge in [0.25, 0.3) is 11.8 Å². The van der Waals surface area contributed by atoms with E-state index in [-0.39, 0.29) is 11.8 Å². The van der Waals surface area contributed by atoms with Gasteiger partial charge in [0.15, 0.2) is 0 Å². The molecule has 0 aliphatic heterocycles. The number of carbonyl (C=O) groups is 2. The third-order valence-corrected chi connectivity index (χ3v) is 3.26. The number of hydrogen-bond acceptors (Lipinski definition) is 3. The van der Waals surface area contributed by atoms with Crippen LogP contribution in [0.4, 0.5) is 0 Å². The summed E-state index contributed by atoms with van der Waals surface area (Å²) >= 11 is 0. The first-order chi connectivity index (χ1) is 10.4. The number of amides is 2. The molecular formula is C17H19N3O2. The molecule has 5 nitrogen and oxygen atoms in total. The molecule has 2 rings (SSSR count). The fraction of sp³-hybridized carbons (Fsp3) is 0.235. The predicted octanol–water partition coefficient (Wildman–Crippen LogP) is 2.15. The lowest BCUT2D eigenvalue weighted by Crippen LogP contribution is -2.26. The predicted molar refractivity (Wildman–Crippen MR) is 85.7 cm³/mol. The zero-order valence-corrected chi connectivity index (χ0v) is 13.2. The van der Waals surface area contributed by atoms with Gasteiger partial charge in [0.1, 0.15) is 0 Å². The maximum atomic E-state index is 12.5. The zero-order chi connectivity index (χ0) is 16.3. The Balaban J connectivity index is 2.74. The summed E-state index contributed by atoms with van der Waals surface area (Å²) in [6.45, 7) is 0. The number of pyridine rings is 1. The standard InChI is InChI=1S/C17H19N3O2/c1-19(2)16(21)12-8-7-9-13(17(22)20(3)4)15(12)14-10-5-6-11-18-14/h5-11H,1-4H3. The van der Waals surface area contributed by atoms with Crippen LogP contribution < -0.4 is 0 Å². The highest BCUT2D eigenvalue weighted by Crippen LogP contribution is 2.27. The van der Waals surface area contributed by atoms with Crippen molar-refractivity contribution in [2.45, 2.75) is 0 Å². The smallest absolute Gasteiger partial charge is 0.254 e. The fourth-order valence-corrected chi connectivity index (χ4v) is 2.18. The highest BCUT2D eigenvalue weighted by atomic mass is 16.2. The topological polar surface area (TPSA) is 53.5 Å². The summed E-state index contributed by atoms with van der Waals surface area (Å²) in [6.07, 6.45) is 1.65. The molecule has 0 unspecified atom stereocenters. The molecule has 1 aromatic carbocycles. The third kappa shape index (κ3) is 2.98. The molecule has 0 aliphatic carbocycles. The van der Waals surface area contributed by atoms with E-state index in [0.717, 1.165) is 0 Å². The molecule has 0 radical (unpaired) electrons. The number of aromatic nitrogens is 1. The maximum absolute atomic E-state index is 12.5. The highest BCUT2D eigenvalue weighted by molar-refractivity contribution is 6.08. The number of hydrogen-bond donors (Lipinski definition) is 0. The van der Waals surface area contributed by atoms with Gasteiger partial charge in [-0.05, 0) is 24.3 Å². The number of carbonyl (C=O) groups excluding carboxylic acids is 2. The first-order valence-corrected chi connectivity index (χ1v) is 6.91. The Morgan fingerprint density at radius 1 is 0.818 bits per heavy atom. The van der Waals surface area contributed by atoms with Crippen molar-refractivity contribution in [1.29, 1.82) is 0 Å². The summed E-state index contributed by atoms with van der Waals surface area (Å²) in [7, 11) is 6.74. The van der Waals surface area contributed by atoms with Gasteiger partial charge < -0.3 is 9.80 Å². The minimum Gasteiger partial charge on any atom is -0.345 e. The van der Waals surface area contributed by atoms with Crippen molar-refractivity contribution in [2.24, 2.45) is 0 Å². The molecule has 2 amide bonds. The molecule has 0 N–H and O–H groups in total. The van der Waals surface area contributed by atoms with Gasteiger partial charge in [0.05, 0.1) is 5.69 Å². The van der Waals surface area contributed by atoms with Crippen molar-refractivity contribution in [3.8, 4) is 11.3 Å². The molecular weight excluding hydrogens is 278 g/mol. The molecule has 0 atom stereocenters. The van der Waals surface area contributed by atoms with Crippen LogP contribution >= 0.6 is 0 Å². The fourth-order valence-electron chi connectivity index (χ4n) is 2.18. The van der Waals surface area contributed by atoms with Gasteiger partial charge >= 0.3 is 0 Å². The Labute approximate surface area is 130 Å². The maximum Gasteiger partial charge on any atom is 0.254 e. The first kappa shape index (κ1) is 15.7. The second kappa shape index (κ2) is 6.39. The lowest BCUT2D eigenvalue weighted by Gasteiger charge is -2.18. The van der Waals surface area contributed by atoms with Gasteiger partial charge in [-0.1, -0.05) is 12.1 Å². The largest absolute Gasteiger partial charge is 0.345 e. The Kier molecular flexibility index (Phi) is 4.56. The van der Waals surface area contributed by atoms with E-state index in [1.165, 1.54) is 9.80 Å². The molecule has 22 heavy (non-hydrogen) atoms. The highest BCUT2D eigenvalue weighted by Gasteiger charge is 2.22. The van der Waals surface area contributed by atoms with Crippen LogP contribution in [0.15, 0.2) is 42.6 Å². The van der Waals surface area contributed by atoms with Gasteiger partial charge in [-0.25, -0.2) is 0 Å². The van der Waals surface area contributed by atoms with Crippen LogP contribution in [0, 0.1) is 0 Å². The minimum atomic E-state index is -0.158. The van der Waals surface area contributed by atoms with Crippen molar-refractivity contribution in [2.75, 3.05) is 28.2 Å². The molecule has 1 heterocycles. The van der Waals surface area contributed by atoms with Crippen LogP contribution in [-0.2, 0) is 0 Å². The van der Waals surface area contributed by atoms with Gasteiger partial charge in [0, 0.05) is 51.1 Å². The molecule has 0 spiro atoms. The van der Waals surface area contributed by atoms with E-state index >= 15 is 0 Å². The minimum absolute atomic E-state index is 0.158. The first-order valence-electron chi connectivity index (χ1n) is 6.91. The number of benzene rings is 1. The number of rotatable bonds is 3. The molecule has 5 heteroatoms. The van der Waals surface area contributed by atoms with E-state index in [1.54, 1.807) is 64.7 Å². The van der Waals surface area contributed by atoms with Gasteiger partial charge in [-0.2, -0.15) is 0 Å². The summed E-state index contributed by atoms with van der Waals surface area (Å²) in [5.41, 5.74) is 2.12. The van der Waals surface area contributed by atoms with Gasteiger partial charge in [-0.3, -0.25) is 14.6 Å². The lowest BCUT2D eigenvalue weighted by atomic mass is 9.96. The SMILES string of the molecule is CN(C)C(=O)c1cccc(C(=O)N(C)C)c1-c1ccccn1. The Morgan fingerprint density at radius 2 is 1.36 bits per heavy atom.